The Kier molecular flexibility index (Phi) is 31.3. The van der Waals surface area contributed by atoms with Crippen molar-refractivity contribution in [2.75, 3.05) is 19.0 Å². The lowest BCUT2D eigenvalue weighted by molar-refractivity contribution is -0.297. The molecule has 1 saturated heterocycles. The highest BCUT2D eigenvalue weighted by Gasteiger charge is 2.46. The Hall–Kier alpha value is -2.13. The van der Waals surface area contributed by atoms with Crippen LogP contribution in [0.2, 0.25) is 0 Å². The number of rotatable bonds is 35. The lowest BCUT2D eigenvalue weighted by Crippen LogP contribution is -2.60. The van der Waals surface area contributed by atoms with Gasteiger partial charge in [0.15, 0.2) is 12.4 Å². The Morgan fingerprint density at radius 1 is 0.607 bits per heavy atom. The molecule has 0 bridgehead atoms. The Balaban J connectivity index is 2.50. The summed E-state index contributed by atoms with van der Waals surface area (Å²) in [5.41, 5.74) is 0. The van der Waals surface area contributed by atoms with Crippen LogP contribution in [0.1, 0.15) is 168 Å². The zero-order chi connectivity index (χ0) is 41.3. The van der Waals surface area contributed by atoms with E-state index in [0.717, 1.165) is 51.4 Å². The van der Waals surface area contributed by atoms with Crippen LogP contribution in [-0.4, -0.2) is 96.0 Å². The van der Waals surface area contributed by atoms with Crippen molar-refractivity contribution in [2.45, 2.75) is 205 Å². The van der Waals surface area contributed by atoms with Gasteiger partial charge in [0.1, 0.15) is 36.8 Å². The Labute approximate surface area is 338 Å². The van der Waals surface area contributed by atoms with Crippen molar-refractivity contribution >= 4 is 22.1 Å². The minimum absolute atomic E-state index is 0.158. The predicted octanol–water partition coefficient (Wildman–Crippen LogP) is 8.22. The van der Waals surface area contributed by atoms with Crippen molar-refractivity contribution in [3.63, 3.8) is 0 Å². The van der Waals surface area contributed by atoms with E-state index in [1.165, 1.54) is 77.0 Å². The maximum Gasteiger partial charge on any atom is 0.306 e. The zero-order valence-electron chi connectivity index (χ0n) is 34.5. The molecule has 326 valence electrons. The number of allylic oxidation sites excluding steroid dienone is 6. The molecule has 1 heterocycles. The van der Waals surface area contributed by atoms with Crippen molar-refractivity contribution < 1.29 is 56.8 Å². The molecule has 12 nitrogen and oxygen atoms in total. The van der Waals surface area contributed by atoms with Gasteiger partial charge in [0.05, 0.1) is 6.61 Å². The number of hydrogen-bond donors (Lipinski definition) is 4. The van der Waals surface area contributed by atoms with Crippen LogP contribution in [0.15, 0.2) is 36.5 Å². The molecular weight excluding hydrogens is 741 g/mol. The summed E-state index contributed by atoms with van der Waals surface area (Å²) in [5.74, 6) is -2.03. The molecule has 1 aliphatic rings. The monoisotopic (exact) mass is 817 g/mol. The summed E-state index contributed by atoms with van der Waals surface area (Å²) in [7, 11) is -4.60. The van der Waals surface area contributed by atoms with Crippen LogP contribution in [-0.2, 0) is 38.7 Å². The number of aliphatic hydroxyl groups is 3. The first-order valence-electron chi connectivity index (χ1n) is 21.5. The normalized spacial score (nSPS) is 21.0. The molecule has 1 rings (SSSR count). The summed E-state index contributed by atoms with van der Waals surface area (Å²) in [6.45, 7) is 3.68. The maximum atomic E-state index is 12.8. The average molecular weight is 817 g/mol. The number of unbranched alkanes of at least 4 members (excludes halogenated alkanes) is 17. The first kappa shape index (κ1) is 51.9. The fraction of sp³-hybridized carbons (Fsp3) is 0.814. The van der Waals surface area contributed by atoms with Crippen molar-refractivity contribution in [3.8, 4) is 0 Å². The molecule has 0 spiro atoms. The number of carbonyl (C=O) groups is 2. The van der Waals surface area contributed by atoms with Gasteiger partial charge < -0.3 is 34.3 Å². The summed E-state index contributed by atoms with van der Waals surface area (Å²) < 4.78 is 53.9. The predicted molar refractivity (Wildman–Crippen MR) is 219 cm³/mol. The van der Waals surface area contributed by atoms with Crippen LogP contribution >= 0.6 is 0 Å². The van der Waals surface area contributed by atoms with E-state index in [9.17, 15) is 37.9 Å². The van der Waals surface area contributed by atoms with Gasteiger partial charge in [0.25, 0.3) is 10.1 Å². The summed E-state index contributed by atoms with van der Waals surface area (Å²) in [5, 5.41) is 30.8. The van der Waals surface area contributed by atoms with Gasteiger partial charge in [0.2, 0.25) is 0 Å². The number of ether oxygens (including phenoxy) is 4. The van der Waals surface area contributed by atoms with Gasteiger partial charge in [-0.15, -0.1) is 0 Å². The smallest absolute Gasteiger partial charge is 0.306 e. The highest BCUT2D eigenvalue weighted by atomic mass is 32.2. The highest BCUT2D eigenvalue weighted by molar-refractivity contribution is 7.85. The fourth-order valence-electron chi connectivity index (χ4n) is 6.33. The first-order chi connectivity index (χ1) is 27.0. The Bertz CT molecular complexity index is 1190. The van der Waals surface area contributed by atoms with E-state index in [0.29, 0.717) is 12.8 Å². The Morgan fingerprint density at radius 3 is 1.62 bits per heavy atom. The third-order valence-electron chi connectivity index (χ3n) is 9.72. The third-order valence-corrected chi connectivity index (χ3v) is 10.5. The second kappa shape index (κ2) is 33.8. The van der Waals surface area contributed by atoms with E-state index in [1.807, 2.05) is 0 Å². The fourth-order valence-corrected chi connectivity index (χ4v) is 7.02. The molecule has 0 saturated carbocycles. The highest BCUT2D eigenvalue weighted by Crippen LogP contribution is 2.24. The van der Waals surface area contributed by atoms with Crippen LogP contribution in [0.3, 0.4) is 0 Å². The molecule has 13 heteroatoms. The van der Waals surface area contributed by atoms with Gasteiger partial charge in [-0.2, -0.15) is 8.42 Å². The van der Waals surface area contributed by atoms with Gasteiger partial charge in [0, 0.05) is 12.8 Å². The van der Waals surface area contributed by atoms with Crippen molar-refractivity contribution in [1.29, 1.82) is 0 Å². The molecule has 0 radical (unpaired) electrons. The largest absolute Gasteiger partial charge is 0.462 e. The van der Waals surface area contributed by atoms with E-state index in [1.54, 1.807) is 0 Å². The average Bonchev–Trinajstić information content (AvgIpc) is 3.16. The molecule has 0 aromatic carbocycles. The van der Waals surface area contributed by atoms with Crippen LogP contribution in [0.5, 0.6) is 0 Å². The van der Waals surface area contributed by atoms with Gasteiger partial charge in [-0.1, -0.05) is 140 Å². The van der Waals surface area contributed by atoms with Crippen LogP contribution < -0.4 is 0 Å². The minimum atomic E-state index is -4.60. The molecular formula is C43H76O12S. The number of hydrogen-bond acceptors (Lipinski definition) is 11. The molecule has 2 unspecified atom stereocenters. The van der Waals surface area contributed by atoms with Crippen LogP contribution in [0, 0.1) is 0 Å². The lowest BCUT2D eigenvalue weighted by atomic mass is 10.00. The molecule has 1 fully saturated rings. The van der Waals surface area contributed by atoms with E-state index in [-0.39, 0.29) is 19.4 Å². The topological polar surface area (TPSA) is 186 Å². The van der Waals surface area contributed by atoms with Gasteiger partial charge >= 0.3 is 11.9 Å². The van der Waals surface area contributed by atoms with Crippen molar-refractivity contribution in [2.24, 2.45) is 0 Å². The van der Waals surface area contributed by atoms with Crippen molar-refractivity contribution in [3.05, 3.63) is 36.5 Å². The SMILES string of the molecule is CCCCC/C=C/C/C=C/C/C=C/CCCCC(=O)OC[C@H](CO[C@H]1O[C@H](CS(=O)(=O)O)[C@@H](O)C(O)C1O)OC(=O)CCCCCCCCCCCCCCC. The zero-order valence-corrected chi connectivity index (χ0v) is 35.3. The summed E-state index contributed by atoms with van der Waals surface area (Å²) in [4.78, 5) is 25.3. The lowest BCUT2D eigenvalue weighted by Gasteiger charge is -2.40. The summed E-state index contributed by atoms with van der Waals surface area (Å²) in [6.07, 6.45) is 27.7. The standard InChI is InChI=1S/C43H76O12S/c1-3-5-7-9-11-13-15-17-18-20-21-23-25-27-29-31-38(44)52-33-36(34-53-43-42(48)41(47)40(46)37(55-43)35-56(49,50)51)54-39(45)32-30-28-26-24-22-19-16-14-12-10-8-6-4-2/h11,13,17-18,21,23,36-37,40-43,46-48H,3-10,12,14-16,19-20,22,24-35H2,1-2H3,(H,49,50,51)/b13-11+,18-17+,23-21+/t36-,37-,40-,41?,42?,43+/m1/s1. The maximum absolute atomic E-state index is 12.8. The molecule has 56 heavy (non-hydrogen) atoms. The summed E-state index contributed by atoms with van der Waals surface area (Å²) in [6, 6.07) is 0. The number of esters is 2. The molecule has 6 atom stereocenters. The Morgan fingerprint density at radius 2 is 1.07 bits per heavy atom. The van der Waals surface area contributed by atoms with E-state index >= 15 is 0 Å². The van der Waals surface area contributed by atoms with E-state index in [4.69, 9.17) is 18.9 Å². The molecule has 1 aliphatic heterocycles. The second-order valence-corrected chi connectivity index (χ2v) is 16.5. The minimum Gasteiger partial charge on any atom is -0.462 e. The van der Waals surface area contributed by atoms with Crippen LogP contribution in [0.4, 0.5) is 0 Å². The van der Waals surface area contributed by atoms with Gasteiger partial charge in [-0.05, 0) is 51.4 Å². The van der Waals surface area contributed by atoms with E-state index < -0.39 is 71.2 Å². The molecule has 0 amide bonds. The quantitative estimate of drug-likeness (QED) is 0.0208. The first-order valence-corrected chi connectivity index (χ1v) is 23.2. The molecule has 4 N–H and O–H groups in total. The molecule has 0 aromatic heterocycles. The molecule has 0 aliphatic carbocycles. The van der Waals surface area contributed by atoms with Gasteiger partial charge in [-0.25, -0.2) is 0 Å². The van der Waals surface area contributed by atoms with E-state index in [2.05, 4.69) is 50.3 Å². The van der Waals surface area contributed by atoms with Gasteiger partial charge in [-0.3, -0.25) is 14.1 Å². The summed E-state index contributed by atoms with van der Waals surface area (Å²) >= 11 is 0. The van der Waals surface area contributed by atoms with Crippen LogP contribution in [0.25, 0.3) is 0 Å². The van der Waals surface area contributed by atoms with Crippen molar-refractivity contribution in [1.82, 2.24) is 0 Å². The number of carbonyl (C=O) groups excluding carboxylic acids is 2. The third kappa shape index (κ3) is 28.3. The second-order valence-electron chi connectivity index (χ2n) is 15.0. The molecule has 0 aromatic rings. The number of aliphatic hydroxyl groups excluding tert-OH is 3.